The van der Waals surface area contributed by atoms with Crippen LogP contribution in [0.25, 0.3) is 0 Å². The second-order valence-electron chi connectivity index (χ2n) is 11.0. The van der Waals surface area contributed by atoms with Crippen molar-refractivity contribution < 1.29 is 29.8 Å². The summed E-state index contributed by atoms with van der Waals surface area (Å²) in [5.74, 6) is 0. The molecule has 0 aromatic carbocycles. The molecule has 0 bridgehead atoms. The molecule has 14 heteroatoms. The molecule has 1 rings (SSSR count). The van der Waals surface area contributed by atoms with Crippen LogP contribution in [-0.2, 0) is 39.2 Å². The molecule has 2 unspecified atom stereocenters. The predicted molar refractivity (Wildman–Crippen MR) is 169 cm³/mol. The number of rotatable bonds is 28. The topological polar surface area (TPSA) is 168 Å². The predicted octanol–water partition coefficient (Wildman–Crippen LogP) is 2.98. The second kappa shape index (κ2) is 25.5. The van der Waals surface area contributed by atoms with Gasteiger partial charge in [0, 0.05) is 32.7 Å². The van der Waals surface area contributed by atoms with Gasteiger partial charge < -0.3 is 20.0 Å². The third-order valence-electron chi connectivity index (χ3n) is 6.70. The van der Waals surface area contributed by atoms with Crippen LogP contribution in [-0.4, -0.2) is 75.2 Å². The SMILES string of the molecule is CCCCCCCn1c(=O)n(CCCCCCN=COOCC(C)O)c(=O)n(CCCCCCN=COOCC(C)O)c1=O. The number of aliphatic hydroxyl groups excluding tert-OH is 2. The Morgan fingerprint density at radius 1 is 0.591 bits per heavy atom. The molecule has 1 heterocycles. The third-order valence-corrected chi connectivity index (χ3v) is 6.70. The van der Waals surface area contributed by atoms with Gasteiger partial charge in [0.25, 0.3) is 0 Å². The van der Waals surface area contributed by atoms with Crippen molar-refractivity contribution in [1.29, 1.82) is 0 Å². The lowest BCUT2D eigenvalue weighted by molar-refractivity contribution is -0.231. The molecule has 14 nitrogen and oxygen atoms in total. The van der Waals surface area contributed by atoms with Gasteiger partial charge in [-0.05, 0) is 46.0 Å². The molecular formula is C30H55N5O9. The first-order valence-corrected chi connectivity index (χ1v) is 16.1. The van der Waals surface area contributed by atoms with E-state index in [1.807, 2.05) is 0 Å². The van der Waals surface area contributed by atoms with Gasteiger partial charge in [-0.25, -0.2) is 28.1 Å². The fourth-order valence-electron chi connectivity index (χ4n) is 4.29. The van der Waals surface area contributed by atoms with E-state index in [4.69, 9.17) is 29.8 Å². The Kier molecular flexibility index (Phi) is 22.7. The van der Waals surface area contributed by atoms with Crippen molar-refractivity contribution in [1.82, 2.24) is 13.7 Å². The van der Waals surface area contributed by atoms with Crippen molar-refractivity contribution >= 4 is 12.8 Å². The van der Waals surface area contributed by atoms with E-state index in [-0.39, 0.29) is 26.3 Å². The number of hydrogen-bond acceptors (Lipinski definition) is 11. The van der Waals surface area contributed by atoms with E-state index < -0.39 is 29.3 Å². The lowest BCUT2D eigenvalue weighted by Crippen LogP contribution is -2.54. The molecular weight excluding hydrogens is 574 g/mol. The molecule has 254 valence electrons. The Hall–Kier alpha value is -2.81. The minimum absolute atomic E-state index is 0.0643. The minimum Gasteiger partial charge on any atom is -0.391 e. The number of aromatic nitrogens is 3. The number of aliphatic hydroxyl groups is 2. The number of nitrogens with zero attached hydrogens (tertiary/aromatic N) is 5. The molecule has 2 atom stereocenters. The quantitative estimate of drug-likeness (QED) is 0.0465. The van der Waals surface area contributed by atoms with E-state index in [0.29, 0.717) is 32.5 Å². The van der Waals surface area contributed by atoms with E-state index >= 15 is 0 Å². The van der Waals surface area contributed by atoms with Crippen LogP contribution in [0.5, 0.6) is 0 Å². The molecule has 0 aliphatic heterocycles. The van der Waals surface area contributed by atoms with Crippen LogP contribution in [0.15, 0.2) is 24.4 Å². The highest BCUT2D eigenvalue weighted by atomic mass is 17.2. The standard InChI is InChI=1S/C30H55N5O9/c1-4-5-6-9-14-19-33-28(38)34(20-15-10-7-12-17-31-24-43-41-22-26(2)36)30(40)35(29(33)39)21-16-11-8-13-18-32-25-44-42-23-27(3)37/h24-27,36-37H,4-23H2,1-3H3. The van der Waals surface area contributed by atoms with Crippen LogP contribution in [0.2, 0.25) is 0 Å². The first kappa shape index (κ1) is 39.2. The molecule has 0 saturated carbocycles. The van der Waals surface area contributed by atoms with E-state index in [0.717, 1.165) is 70.6 Å². The maximum Gasteiger partial charge on any atom is 0.336 e. The molecule has 0 amide bonds. The van der Waals surface area contributed by atoms with Gasteiger partial charge in [0.2, 0.25) is 12.8 Å². The summed E-state index contributed by atoms with van der Waals surface area (Å²) in [5.41, 5.74) is -1.59. The smallest absolute Gasteiger partial charge is 0.336 e. The van der Waals surface area contributed by atoms with Crippen LogP contribution in [0, 0.1) is 0 Å². The highest BCUT2D eigenvalue weighted by Gasteiger charge is 2.15. The van der Waals surface area contributed by atoms with Crippen LogP contribution in [0.4, 0.5) is 0 Å². The van der Waals surface area contributed by atoms with Gasteiger partial charge in [-0.15, -0.1) is 0 Å². The third kappa shape index (κ3) is 18.1. The van der Waals surface area contributed by atoms with Gasteiger partial charge in [-0.2, -0.15) is 9.78 Å². The largest absolute Gasteiger partial charge is 0.391 e. The summed E-state index contributed by atoms with van der Waals surface area (Å²) >= 11 is 0. The van der Waals surface area contributed by atoms with Crippen molar-refractivity contribution in [2.45, 2.75) is 136 Å². The van der Waals surface area contributed by atoms with Crippen molar-refractivity contribution in [2.24, 2.45) is 9.98 Å². The summed E-state index contributed by atoms with van der Waals surface area (Å²) < 4.78 is 3.66. The fourth-order valence-corrected chi connectivity index (χ4v) is 4.29. The van der Waals surface area contributed by atoms with Crippen molar-refractivity contribution in [3.8, 4) is 0 Å². The fraction of sp³-hybridized carbons (Fsp3) is 0.833. The molecule has 0 fully saturated rings. The van der Waals surface area contributed by atoms with Crippen LogP contribution in [0.1, 0.15) is 104 Å². The zero-order valence-electron chi connectivity index (χ0n) is 26.9. The first-order valence-electron chi connectivity index (χ1n) is 16.1. The van der Waals surface area contributed by atoms with Crippen molar-refractivity contribution in [3.63, 3.8) is 0 Å². The van der Waals surface area contributed by atoms with Gasteiger partial charge in [0.15, 0.2) is 0 Å². The van der Waals surface area contributed by atoms with Gasteiger partial charge in [-0.3, -0.25) is 9.98 Å². The van der Waals surface area contributed by atoms with Crippen LogP contribution in [0.3, 0.4) is 0 Å². The molecule has 1 aromatic heterocycles. The van der Waals surface area contributed by atoms with Crippen LogP contribution >= 0.6 is 0 Å². The summed E-state index contributed by atoms with van der Waals surface area (Å²) in [6.07, 6.45) is 12.3. The molecule has 2 N–H and O–H groups in total. The van der Waals surface area contributed by atoms with E-state index in [9.17, 15) is 14.4 Å². The molecule has 0 saturated heterocycles. The summed E-state index contributed by atoms with van der Waals surface area (Å²) in [6, 6.07) is 0. The Morgan fingerprint density at radius 3 is 1.27 bits per heavy atom. The first-order chi connectivity index (χ1) is 21.3. The molecule has 0 spiro atoms. The Labute approximate surface area is 260 Å². The lowest BCUT2D eigenvalue weighted by atomic mass is 10.1. The van der Waals surface area contributed by atoms with Gasteiger partial charge in [-0.1, -0.05) is 58.3 Å². The number of aliphatic imine (C=N–C) groups is 2. The maximum atomic E-state index is 13.2. The molecule has 44 heavy (non-hydrogen) atoms. The lowest BCUT2D eigenvalue weighted by Gasteiger charge is -2.14. The molecule has 1 aromatic rings. The minimum atomic E-state index is -0.614. The van der Waals surface area contributed by atoms with E-state index in [1.165, 1.54) is 26.5 Å². The summed E-state index contributed by atoms with van der Waals surface area (Å²) in [5, 5.41) is 18.2. The highest BCUT2D eigenvalue weighted by Crippen LogP contribution is 2.04. The van der Waals surface area contributed by atoms with Gasteiger partial charge in [0.05, 0.1) is 12.2 Å². The zero-order chi connectivity index (χ0) is 32.4. The number of hydrogen-bond donors (Lipinski definition) is 2. The summed E-state index contributed by atoms with van der Waals surface area (Å²) in [4.78, 5) is 66.7. The Balaban J connectivity index is 2.65. The second-order valence-corrected chi connectivity index (χ2v) is 11.0. The molecule has 0 radical (unpaired) electrons. The maximum absolute atomic E-state index is 13.2. The van der Waals surface area contributed by atoms with E-state index in [1.54, 1.807) is 13.8 Å². The monoisotopic (exact) mass is 629 g/mol. The van der Waals surface area contributed by atoms with Gasteiger partial charge in [0.1, 0.15) is 13.2 Å². The highest BCUT2D eigenvalue weighted by molar-refractivity contribution is 5.45. The Morgan fingerprint density at radius 2 is 0.932 bits per heavy atom. The number of unbranched alkanes of at least 4 members (excludes halogenated alkanes) is 10. The molecule has 0 aliphatic carbocycles. The Bertz CT molecular complexity index is 1020. The summed E-state index contributed by atoms with van der Waals surface area (Å²) in [7, 11) is 0. The van der Waals surface area contributed by atoms with Crippen molar-refractivity contribution in [3.05, 3.63) is 31.5 Å². The average molecular weight is 630 g/mol. The normalized spacial score (nSPS) is 13.2. The average Bonchev–Trinajstić information content (AvgIpc) is 2.98. The summed E-state index contributed by atoms with van der Waals surface area (Å²) in [6.45, 7) is 7.36. The van der Waals surface area contributed by atoms with Gasteiger partial charge >= 0.3 is 17.1 Å². The van der Waals surface area contributed by atoms with E-state index in [2.05, 4.69) is 16.9 Å². The van der Waals surface area contributed by atoms with Crippen molar-refractivity contribution in [2.75, 3.05) is 26.3 Å². The molecule has 0 aliphatic rings. The van der Waals surface area contributed by atoms with Crippen LogP contribution < -0.4 is 17.1 Å². The zero-order valence-corrected chi connectivity index (χ0v) is 26.9.